The lowest BCUT2D eigenvalue weighted by Crippen LogP contribution is -2.31. The van der Waals surface area contributed by atoms with Gasteiger partial charge in [0.05, 0.1) is 6.61 Å². The number of allylic oxidation sites excluding steroid dienone is 1. The summed E-state index contributed by atoms with van der Waals surface area (Å²) in [6.45, 7) is 1.47. The third kappa shape index (κ3) is 9.57. The van der Waals surface area contributed by atoms with Gasteiger partial charge in [0.25, 0.3) is 5.91 Å². The fraction of sp³-hybridized carbons (Fsp3) is 0.233. The highest BCUT2D eigenvalue weighted by molar-refractivity contribution is 5.95. The average Bonchev–Trinajstić information content (AvgIpc) is 2.97. The van der Waals surface area contributed by atoms with Crippen LogP contribution in [0.2, 0.25) is 0 Å². The van der Waals surface area contributed by atoms with Crippen molar-refractivity contribution in [3.05, 3.63) is 102 Å². The van der Waals surface area contributed by atoms with Crippen LogP contribution in [0.3, 0.4) is 0 Å². The first-order valence-corrected chi connectivity index (χ1v) is 12.6. The zero-order valence-electron chi connectivity index (χ0n) is 22.0. The van der Waals surface area contributed by atoms with Crippen LogP contribution in [-0.2, 0) is 9.53 Å². The third-order valence-corrected chi connectivity index (χ3v) is 5.71. The lowest BCUT2D eigenvalue weighted by atomic mass is 10.00. The number of anilines is 1. The molecule has 0 spiro atoms. The number of para-hydroxylation sites is 1. The van der Waals surface area contributed by atoms with E-state index >= 15 is 0 Å². The van der Waals surface area contributed by atoms with Crippen molar-refractivity contribution in [2.24, 2.45) is 0 Å². The van der Waals surface area contributed by atoms with Gasteiger partial charge in [-0.05, 0) is 73.9 Å². The van der Waals surface area contributed by atoms with Gasteiger partial charge in [0.15, 0.2) is 11.9 Å². The normalized spacial score (nSPS) is 12.3. The SMILES string of the molecule is CC(=O)c1ccc(NC(=O)O[C@@H](c2ccc(OCCO)cc2)[C@H](CC/C=C/C(=O)NO)Oc2ccccc2)cc1. The quantitative estimate of drug-likeness (QED) is 0.0970. The molecule has 210 valence electrons. The average molecular weight is 549 g/mol. The Bertz CT molecular complexity index is 1260. The molecule has 3 aromatic rings. The minimum atomic E-state index is -0.886. The van der Waals surface area contributed by atoms with Gasteiger partial charge in [-0.1, -0.05) is 36.4 Å². The second-order valence-electron chi connectivity index (χ2n) is 8.65. The predicted molar refractivity (Wildman–Crippen MR) is 147 cm³/mol. The van der Waals surface area contributed by atoms with E-state index in [4.69, 9.17) is 24.5 Å². The molecule has 2 atom stereocenters. The maximum absolute atomic E-state index is 13.0. The maximum Gasteiger partial charge on any atom is 0.412 e. The van der Waals surface area contributed by atoms with E-state index in [0.717, 1.165) is 0 Å². The summed E-state index contributed by atoms with van der Waals surface area (Å²) < 4.78 is 17.6. The van der Waals surface area contributed by atoms with Gasteiger partial charge < -0.3 is 19.3 Å². The molecule has 0 radical (unpaired) electrons. The van der Waals surface area contributed by atoms with E-state index < -0.39 is 24.2 Å². The molecule has 4 N–H and O–H groups in total. The molecule has 0 unspecified atom stereocenters. The largest absolute Gasteiger partial charge is 0.491 e. The summed E-state index contributed by atoms with van der Waals surface area (Å²) in [6, 6.07) is 22.3. The van der Waals surface area contributed by atoms with Crippen LogP contribution in [0.1, 0.15) is 41.8 Å². The molecular weight excluding hydrogens is 516 g/mol. The number of nitrogens with one attached hydrogen (secondary N) is 2. The third-order valence-electron chi connectivity index (χ3n) is 5.71. The van der Waals surface area contributed by atoms with Crippen LogP contribution in [0.15, 0.2) is 91.0 Å². The van der Waals surface area contributed by atoms with Gasteiger partial charge in [0, 0.05) is 17.3 Å². The van der Waals surface area contributed by atoms with Crippen molar-refractivity contribution < 1.29 is 38.9 Å². The van der Waals surface area contributed by atoms with Crippen LogP contribution in [0, 0.1) is 0 Å². The van der Waals surface area contributed by atoms with E-state index in [1.54, 1.807) is 66.7 Å². The van der Waals surface area contributed by atoms with Gasteiger partial charge >= 0.3 is 6.09 Å². The first kappa shape index (κ1) is 29.9. The first-order valence-electron chi connectivity index (χ1n) is 12.6. The van der Waals surface area contributed by atoms with Gasteiger partial charge in [0.2, 0.25) is 0 Å². The number of hydrogen-bond donors (Lipinski definition) is 4. The number of ether oxygens (including phenoxy) is 3. The number of amides is 2. The van der Waals surface area contributed by atoms with Gasteiger partial charge in [-0.15, -0.1) is 0 Å². The van der Waals surface area contributed by atoms with Crippen molar-refractivity contribution >= 4 is 23.5 Å². The molecule has 0 heterocycles. The number of carbonyl (C=O) groups excluding carboxylic acids is 3. The minimum Gasteiger partial charge on any atom is -0.491 e. The summed E-state index contributed by atoms with van der Waals surface area (Å²) in [4.78, 5) is 36.0. The molecule has 0 aliphatic heterocycles. The highest BCUT2D eigenvalue weighted by Crippen LogP contribution is 2.30. The molecule has 2 amide bonds. The Labute approximate surface area is 232 Å². The van der Waals surface area contributed by atoms with Crippen molar-refractivity contribution in [2.75, 3.05) is 18.5 Å². The molecule has 0 aliphatic carbocycles. The second-order valence-corrected chi connectivity index (χ2v) is 8.65. The number of ketones is 1. The lowest BCUT2D eigenvalue weighted by molar-refractivity contribution is -0.124. The molecule has 10 heteroatoms. The molecule has 3 aromatic carbocycles. The zero-order valence-corrected chi connectivity index (χ0v) is 22.0. The van der Waals surface area contributed by atoms with E-state index in [1.807, 2.05) is 18.2 Å². The number of Topliss-reactive ketones (excluding diaryl/α,β-unsaturated/α-hetero) is 1. The van der Waals surface area contributed by atoms with E-state index in [9.17, 15) is 14.4 Å². The van der Waals surface area contributed by atoms with Gasteiger partial charge in [-0.3, -0.25) is 20.1 Å². The van der Waals surface area contributed by atoms with Gasteiger partial charge in [-0.2, -0.15) is 0 Å². The molecule has 0 saturated heterocycles. The molecule has 10 nitrogen and oxygen atoms in total. The second kappa shape index (κ2) is 15.7. The molecule has 0 aliphatic rings. The number of aliphatic hydroxyl groups excluding tert-OH is 1. The Kier molecular flexibility index (Phi) is 11.7. The van der Waals surface area contributed by atoms with E-state index in [-0.39, 0.29) is 19.0 Å². The summed E-state index contributed by atoms with van der Waals surface area (Å²) in [6.07, 6.45) is 1.18. The summed E-state index contributed by atoms with van der Waals surface area (Å²) >= 11 is 0. The Morgan fingerprint density at radius 1 is 0.925 bits per heavy atom. The molecule has 0 aromatic heterocycles. The summed E-state index contributed by atoms with van der Waals surface area (Å²) in [5.41, 5.74) is 3.12. The van der Waals surface area contributed by atoms with E-state index in [1.165, 1.54) is 18.5 Å². The van der Waals surface area contributed by atoms with Crippen LogP contribution in [0.5, 0.6) is 11.5 Å². The van der Waals surface area contributed by atoms with Crippen LogP contribution in [0.4, 0.5) is 10.5 Å². The fourth-order valence-corrected chi connectivity index (χ4v) is 3.76. The Morgan fingerprint density at radius 3 is 2.25 bits per heavy atom. The van der Waals surface area contributed by atoms with E-state index in [2.05, 4.69) is 5.32 Å². The Hall–Kier alpha value is -4.67. The molecule has 3 rings (SSSR count). The number of rotatable bonds is 14. The van der Waals surface area contributed by atoms with Gasteiger partial charge in [-0.25, -0.2) is 10.3 Å². The number of hydroxylamine groups is 1. The lowest BCUT2D eigenvalue weighted by Gasteiger charge is -2.28. The summed E-state index contributed by atoms with van der Waals surface area (Å²) in [7, 11) is 0. The number of carbonyl (C=O) groups is 3. The predicted octanol–water partition coefficient (Wildman–Crippen LogP) is 4.84. The van der Waals surface area contributed by atoms with Crippen LogP contribution < -0.4 is 20.3 Å². The van der Waals surface area contributed by atoms with Crippen molar-refractivity contribution in [3.8, 4) is 11.5 Å². The Morgan fingerprint density at radius 2 is 1.62 bits per heavy atom. The van der Waals surface area contributed by atoms with E-state index in [0.29, 0.717) is 41.2 Å². The highest BCUT2D eigenvalue weighted by Gasteiger charge is 2.29. The molecular formula is C30H32N2O8. The number of hydrogen-bond acceptors (Lipinski definition) is 8. The highest BCUT2D eigenvalue weighted by atomic mass is 16.6. The fourth-order valence-electron chi connectivity index (χ4n) is 3.76. The monoisotopic (exact) mass is 548 g/mol. The van der Waals surface area contributed by atoms with Crippen molar-refractivity contribution in [1.29, 1.82) is 0 Å². The van der Waals surface area contributed by atoms with Gasteiger partial charge in [0.1, 0.15) is 24.2 Å². The van der Waals surface area contributed by atoms with Crippen molar-refractivity contribution in [1.82, 2.24) is 5.48 Å². The summed E-state index contributed by atoms with van der Waals surface area (Å²) in [5, 5.41) is 20.4. The van der Waals surface area contributed by atoms with Crippen LogP contribution in [-0.4, -0.2) is 47.4 Å². The smallest absolute Gasteiger partial charge is 0.412 e. The minimum absolute atomic E-state index is 0.0907. The maximum atomic E-state index is 13.0. The van der Waals surface area contributed by atoms with Crippen LogP contribution >= 0.6 is 0 Å². The molecule has 0 saturated carbocycles. The van der Waals surface area contributed by atoms with Crippen molar-refractivity contribution in [3.63, 3.8) is 0 Å². The van der Waals surface area contributed by atoms with Crippen LogP contribution in [0.25, 0.3) is 0 Å². The first-order chi connectivity index (χ1) is 19.4. The standard InChI is InChI=1S/C30H32N2O8/c1-21(34)22-11-15-24(16-12-22)31-30(36)40-29(23-13-17-25(18-14-23)38-20-19-33)27(9-5-6-10-28(35)32-37)39-26-7-3-2-4-8-26/h2-4,6-8,10-18,27,29,33,37H,5,9,19-20H2,1H3,(H,31,36)(H,32,35)/b10-6+/t27-,29-/m0/s1. The van der Waals surface area contributed by atoms with Crippen molar-refractivity contribution in [2.45, 2.75) is 32.0 Å². The molecule has 0 fully saturated rings. The molecule has 40 heavy (non-hydrogen) atoms. The zero-order chi connectivity index (χ0) is 28.7. The number of benzene rings is 3. The number of aliphatic hydroxyl groups is 1. The molecule has 0 bridgehead atoms. The topological polar surface area (TPSA) is 143 Å². The summed E-state index contributed by atoms with van der Waals surface area (Å²) in [5.74, 6) is 0.334. The Balaban J connectivity index is 1.87.